The Morgan fingerprint density at radius 2 is 1.04 bits per heavy atom. The van der Waals surface area contributed by atoms with Crippen molar-refractivity contribution < 1.29 is 35.4 Å². The standard InChI is InChI=1S/C22H30Cl2N2.2ClH/c1-17(25-15-19-11-5-7-13-21(19)23)9-3-4-10-18(2)26-16-20-12-6-8-14-22(20)24;;/h5-8,11-14,17-18,25-26H,3-4,9-10,15-16H2,1-2H3;2*1H. The van der Waals surface area contributed by atoms with Crippen molar-refractivity contribution in [3.05, 3.63) is 69.7 Å². The predicted molar refractivity (Wildman–Crippen MR) is 112 cm³/mol. The van der Waals surface area contributed by atoms with Gasteiger partial charge in [0, 0.05) is 21.2 Å². The number of hydrogen-bond donors (Lipinski definition) is 2. The van der Waals surface area contributed by atoms with Gasteiger partial charge in [-0.25, -0.2) is 0 Å². The van der Waals surface area contributed by atoms with Gasteiger partial charge in [-0.2, -0.15) is 0 Å². The number of quaternary nitrogens is 2. The van der Waals surface area contributed by atoms with Gasteiger partial charge in [0.15, 0.2) is 0 Å². The van der Waals surface area contributed by atoms with Crippen LogP contribution in [0, 0.1) is 0 Å². The summed E-state index contributed by atoms with van der Waals surface area (Å²) < 4.78 is 0. The zero-order chi connectivity index (χ0) is 18.8. The second-order valence-electron chi connectivity index (χ2n) is 7.30. The van der Waals surface area contributed by atoms with E-state index in [9.17, 15) is 0 Å². The van der Waals surface area contributed by atoms with E-state index in [1.54, 1.807) is 0 Å². The van der Waals surface area contributed by atoms with Crippen LogP contribution in [-0.2, 0) is 13.1 Å². The van der Waals surface area contributed by atoms with E-state index >= 15 is 0 Å². The van der Waals surface area contributed by atoms with Crippen molar-refractivity contribution >= 4 is 23.2 Å². The summed E-state index contributed by atoms with van der Waals surface area (Å²) >= 11 is 12.4. The Bertz CT molecular complexity index is 609. The summed E-state index contributed by atoms with van der Waals surface area (Å²) in [6.07, 6.45) is 5.07. The van der Waals surface area contributed by atoms with Crippen molar-refractivity contribution in [2.24, 2.45) is 0 Å². The molecule has 0 bridgehead atoms. The fraction of sp³-hybridized carbons (Fsp3) is 0.455. The largest absolute Gasteiger partial charge is 1.00 e. The van der Waals surface area contributed by atoms with Crippen LogP contribution >= 0.6 is 23.2 Å². The van der Waals surface area contributed by atoms with E-state index in [0.29, 0.717) is 12.1 Å². The van der Waals surface area contributed by atoms with Crippen LogP contribution in [-0.4, -0.2) is 12.1 Å². The molecule has 2 atom stereocenters. The smallest absolute Gasteiger partial charge is 0.103 e. The van der Waals surface area contributed by atoms with Crippen LogP contribution in [0.1, 0.15) is 50.7 Å². The third-order valence-corrected chi connectivity index (χ3v) is 5.70. The summed E-state index contributed by atoms with van der Waals surface area (Å²) in [6.45, 7) is 6.54. The highest BCUT2D eigenvalue weighted by Gasteiger charge is 2.10. The molecule has 2 aromatic rings. The second kappa shape index (κ2) is 15.4. The Balaban J connectivity index is 0.00000364. The lowest BCUT2D eigenvalue weighted by atomic mass is 10.1. The number of benzene rings is 2. The van der Waals surface area contributed by atoms with Crippen LogP contribution in [0.3, 0.4) is 0 Å². The quantitative estimate of drug-likeness (QED) is 0.366. The maximum atomic E-state index is 6.22. The van der Waals surface area contributed by atoms with E-state index < -0.39 is 0 Å². The zero-order valence-electron chi connectivity index (χ0n) is 16.7. The van der Waals surface area contributed by atoms with Crippen LogP contribution in [0.25, 0.3) is 0 Å². The minimum absolute atomic E-state index is 0. The van der Waals surface area contributed by atoms with Crippen molar-refractivity contribution in [1.82, 2.24) is 0 Å². The molecule has 0 aromatic heterocycles. The molecule has 4 N–H and O–H groups in total. The van der Waals surface area contributed by atoms with Gasteiger partial charge in [0.05, 0.1) is 12.1 Å². The van der Waals surface area contributed by atoms with Gasteiger partial charge in [-0.05, 0) is 51.7 Å². The fourth-order valence-electron chi connectivity index (χ4n) is 3.15. The molecule has 0 radical (unpaired) electrons. The van der Waals surface area contributed by atoms with E-state index in [1.807, 2.05) is 24.3 Å². The van der Waals surface area contributed by atoms with E-state index in [-0.39, 0.29) is 24.8 Å². The first kappa shape index (κ1) is 27.5. The first-order valence-corrected chi connectivity index (χ1v) is 10.5. The molecule has 0 spiro atoms. The molecule has 0 heterocycles. The van der Waals surface area contributed by atoms with Gasteiger partial charge < -0.3 is 35.4 Å². The molecule has 28 heavy (non-hydrogen) atoms. The van der Waals surface area contributed by atoms with Crippen LogP contribution in [0.2, 0.25) is 10.0 Å². The molecule has 0 aliphatic carbocycles. The molecule has 0 aliphatic rings. The number of nitrogens with two attached hydrogens (primary N) is 2. The van der Waals surface area contributed by atoms with Gasteiger partial charge in [-0.3, -0.25) is 0 Å². The maximum absolute atomic E-state index is 6.22. The minimum atomic E-state index is 0. The molecule has 0 saturated heterocycles. The average molecular weight is 466 g/mol. The van der Waals surface area contributed by atoms with Crippen molar-refractivity contribution in [3.8, 4) is 0 Å². The van der Waals surface area contributed by atoms with E-state index in [2.05, 4.69) is 48.7 Å². The first-order chi connectivity index (χ1) is 12.6. The molecule has 0 fully saturated rings. The molecule has 0 aliphatic heterocycles. The molecule has 0 amide bonds. The number of rotatable bonds is 11. The van der Waals surface area contributed by atoms with Gasteiger partial charge in [0.2, 0.25) is 0 Å². The van der Waals surface area contributed by atoms with Crippen molar-refractivity contribution in [2.45, 2.75) is 64.7 Å². The molecule has 2 rings (SSSR count). The Kier molecular flexibility index (Phi) is 15.1. The Morgan fingerprint density at radius 3 is 1.39 bits per heavy atom. The topological polar surface area (TPSA) is 33.2 Å². The third kappa shape index (κ3) is 10.3. The molecular weight excluding hydrogens is 434 g/mol. The summed E-state index contributed by atoms with van der Waals surface area (Å²) in [7, 11) is 0. The van der Waals surface area contributed by atoms with Crippen molar-refractivity contribution in [1.29, 1.82) is 0 Å². The van der Waals surface area contributed by atoms with Gasteiger partial charge >= 0.3 is 0 Å². The highest BCUT2D eigenvalue weighted by atomic mass is 35.5. The third-order valence-electron chi connectivity index (χ3n) is 4.96. The molecule has 0 saturated carbocycles. The lowest BCUT2D eigenvalue weighted by Crippen LogP contribution is -3.00. The van der Waals surface area contributed by atoms with E-state index in [4.69, 9.17) is 23.2 Å². The predicted octanol–water partition coefficient (Wildman–Crippen LogP) is -1.83. The summed E-state index contributed by atoms with van der Waals surface area (Å²) in [4.78, 5) is 0. The Labute approximate surface area is 192 Å². The number of halogens is 4. The normalized spacial score (nSPS) is 12.6. The SMILES string of the molecule is CC(CCCCC(C)[NH2+]Cc1ccccc1Cl)[NH2+]Cc1ccccc1Cl.[Cl-].[Cl-]. The van der Waals surface area contributed by atoms with Gasteiger partial charge in [0.1, 0.15) is 13.1 Å². The van der Waals surface area contributed by atoms with Crippen LogP contribution in [0.15, 0.2) is 48.5 Å². The fourth-order valence-corrected chi connectivity index (χ4v) is 3.58. The van der Waals surface area contributed by atoms with Crippen LogP contribution in [0.4, 0.5) is 0 Å². The monoisotopic (exact) mass is 464 g/mol. The summed E-state index contributed by atoms with van der Waals surface area (Å²) in [5.74, 6) is 0. The highest BCUT2D eigenvalue weighted by molar-refractivity contribution is 6.31. The molecule has 158 valence electrons. The number of unbranched alkanes of at least 4 members (excludes halogenated alkanes) is 1. The Morgan fingerprint density at radius 1 is 0.679 bits per heavy atom. The van der Waals surface area contributed by atoms with Gasteiger partial charge in [-0.1, -0.05) is 59.6 Å². The Hall–Kier alpha value is -0.480. The van der Waals surface area contributed by atoms with E-state index in [1.165, 1.54) is 36.8 Å². The van der Waals surface area contributed by atoms with Crippen molar-refractivity contribution in [2.75, 3.05) is 0 Å². The minimum Gasteiger partial charge on any atom is -1.00 e. The van der Waals surface area contributed by atoms with Crippen LogP contribution in [0.5, 0.6) is 0 Å². The maximum Gasteiger partial charge on any atom is 0.103 e. The van der Waals surface area contributed by atoms with Gasteiger partial charge in [-0.15, -0.1) is 0 Å². The summed E-state index contributed by atoms with van der Waals surface area (Å²) in [5.41, 5.74) is 2.45. The molecule has 6 heteroatoms. The first-order valence-electron chi connectivity index (χ1n) is 9.69. The zero-order valence-corrected chi connectivity index (χ0v) is 19.7. The lowest BCUT2D eigenvalue weighted by Gasteiger charge is -2.13. The van der Waals surface area contributed by atoms with Gasteiger partial charge in [0.25, 0.3) is 0 Å². The highest BCUT2D eigenvalue weighted by Crippen LogP contribution is 2.14. The summed E-state index contributed by atoms with van der Waals surface area (Å²) in [5, 5.41) is 6.54. The van der Waals surface area contributed by atoms with Crippen LogP contribution < -0.4 is 35.4 Å². The summed E-state index contributed by atoms with van der Waals surface area (Å²) in [6, 6.07) is 17.5. The molecule has 2 aromatic carbocycles. The van der Waals surface area contributed by atoms with E-state index in [0.717, 1.165) is 23.1 Å². The van der Waals surface area contributed by atoms with Crippen molar-refractivity contribution in [3.63, 3.8) is 0 Å². The molecule has 2 unspecified atom stereocenters. The second-order valence-corrected chi connectivity index (χ2v) is 8.12. The average Bonchev–Trinajstić information content (AvgIpc) is 2.64. The molecule has 2 nitrogen and oxygen atoms in total. The molecular formula is C22H32Cl4N2. The lowest BCUT2D eigenvalue weighted by molar-refractivity contribution is -0.703. The number of hydrogen-bond acceptors (Lipinski definition) is 0.